The van der Waals surface area contributed by atoms with Gasteiger partial charge in [-0.15, -0.1) is 0 Å². The van der Waals surface area contributed by atoms with E-state index in [1.54, 1.807) is 27.7 Å². The fraction of sp³-hybridized carbons (Fsp3) is 0.750. The maximum absolute atomic E-state index is 11.8. The van der Waals surface area contributed by atoms with Gasteiger partial charge in [0, 0.05) is 6.42 Å². The van der Waals surface area contributed by atoms with E-state index in [4.69, 9.17) is 4.74 Å². The molecule has 0 aromatic carbocycles. The maximum atomic E-state index is 11.8. The van der Waals surface area contributed by atoms with Crippen molar-refractivity contribution in [3.63, 3.8) is 0 Å². The van der Waals surface area contributed by atoms with E-state index in [0.29, 0.717) is 0 Å². The van der Waals surface area contributed by atoms with E-state index in [0.717, 1.165) is 0 Å². The third kappa shape index (κ3) is 3.15. The Kier molecular flexibility index (Phi) is 3.51. The predicted octanol–water partition coefficient (Wildman–Crippen LogP) is 1.51. The zero-order chi connectivity index (χ0) is 12.5. The molecule has 0 aromatic rings. The Morgan fingerprint density at radius 2 is 1.88 bits per heavy atom. The molecule has 1 rings (SSSR count). The van der Waals surface area contributed by atoms with Gasteiger partial charge in [-0.1, -0.05) is 6.92 Å². The first-order chi connectivity index (χ1) is 7.20. The average molecular weight is 226 g/mol. The van der Waals surface area contributed by atoms with Gasteiger partial charge in [-0.05, 0) is 26.7 Å². The molecule has 0 amide bonds. The van der Waals surface area contributed by atoms with Crippen molar-refractivity contribution in [1.82, 2.24) is 0 Å². The summed E-state index contributed by atoms with van der Waals surface area (Å²) in [7, 11) is 0. The normalized spacial score (nSPS) is 26.8. The maximum Gasteiger partial charge on any atom is 0.317 e. The van der Waals surface area contributed by atoms with Crippen LogP contribution in [0.1, 0.15) is 40.5 Å². The first-order valence-corrected chi connectivity index (χ1v) is 5.48. The molecule has 0 aliphatic heterocycles. The molecule has 2 unspecified atom stereocenters. The van der Waals surface area contributed by atoms with Gasteiger partial charge in [0.25, 0.3) is 0 Å². The number of carbonyl (C=O) groups excluding carboxylic acids is 3. The summed E-state index contributed by atoms with van der Waals surface area (Å²) in [6, 6.07) is 0. The van der Waals surface area contributed by atoms with E-state index in [1.807, 2.05) is 0 Å². The number of esters is 1. The lowest BCUT2D eigenvalue weighted by molar-refractivity contribution is -0.165. The molecule has 0 spiro atoms. The lowest BCUT2D eigenvalue weighted by Gasteiger charge is -2.28. The van der Waals surface area contributed by atoms with Crippen molar-refractivity contribution < 1.29 is 19.1 Å². The van der Waals surface area contributed by atoms with Gasteiger partial charge in [-0.3, -0.25) is 14.4 Å². The highest BCUT2D eigenvalue weighted by atomic mass is 16.6. The molecule has 0 saturated heterocycles. The van der Waals surface area contributed by atoms with Crippen LogP contribution in [0.25, 0.3) is 0 Å². The molecule has 4 heteroatoms. The van der Waals surface area contributed by atoms with Gasteiger partial charge in [-0.25, -0.2) is 0 Å². The van der Waals surface area contributed by atoms with Crippen molar-refractivity contribution in [1.29, 1.82) is 0 Å². The molecule has 0 heterocycles. The number of ether oxygens (including phenoxy) is 1. The molecule has 2 atom stereocenters. The van der Waals surface area contributed by atoms with Crippen LogP contribution in [0.3, 0.4) is 0 Å². The molecule has 16 heavy (non-hydrogen) atoms. The van der Waals surface area contributed by atoms with Crippen LogP contribution < -0.4 is 0 Å². The topological polar surface area (TPSA) is 60.4 Å². The van der Waals surface area contributed by atoms with Crippen molar-refractivity contribution >= 4 is 17.5 Å². The van der Waals surface area contributed by atoms with Crippen LogP contribution in [0.5, 0.6) is 0 Å². The SMILES string of the molecule is CC1CC(=O)CC(=O)C1C(=O)OC(C)(C)C. The Bertz CT molecular complexity index is 324. The fourth-order valence-corrected chi connectivity index (χ4v) is 1.90. The smallest absolute Gasteiger partial charge is 0.317 e. The Hall–Kier alpha value is -1.19. The Balaban J connectivity index is 2.75. The van der Waals surface area contributed by atoms with E-state index in [-0.39, 0.29) is 30.3 Å². The molecule has 0 radical (unpaired) electrons. The monoisotopic (exact) mass is 226 g/mol. The van der Waals surface area contributed by atoms with Gasteiger partial charge < -0.3 is 4.74 Å². The molecule has 4 nitrogen and oxygen atoms in total. The summed E-state index contributed by atoms with van der Waals surface area (Å²) in [4.78, 5) is 34.6. The number of carbonyl (C=O) groups is 3. The number of rotatable bonds is 1. The van der Waals surface area contributed by atoms with Crippen LogP contribution >= 0.6 is 0 Å². The molecule has 1 fully saturated rings. The summed E-state index contributed by atoms with van der Waals surface area (Å²) < 4.78 is 5.18. The van der Waals surface area contributed by atoms with Gasteiger partial charge in [0.05, 0.1) is 6.42 Å². The minimum Gasteiger partial charge on any atom is -0.459 e. The first-order valence-electron chi connectivity index (χ1n) is 5.48. The van der Waals surface area contributed by atoms with Gasteiger partial charge in [0.15, 0.2) is 5.78 Å². The Morgan fingerprint density at radius 1 is 1.31 bits per heavy atom. The summed E-state index contributed by atoms with van der Waals surface area (Å²) in [5.41, 5.74) is -0.599. The van der Waals surface area contributed by atoms with Crippen LogP contribution in [0.4, 0.5) is 0 Å². The third-order valence-corrected chi connectivity index (χ3v) is 2.50. The summed E-state index contributed by atoms with van der Waals surface area (Å²) >= 11 is 0. The van der Waals surface area contributed by atoms with Gasteiger partial charge in [0.1, 0.15) is 17.3 Å². The number of ketones is 2. The van der Waals surface area contributed by atoms with E-state index in [9.17, 15) is 14.4 Å². The standard InChI is InChI=1S/C12H18O4/c1-7-5-8(13)6-9(14)10(7)11(15)16-12(2,3)4/h7,10H,5-6H2,1-4H3. The Morgan fingerprint density at radius 3 is 2.31 bits per heavy atom. The number of hydrogen-bond acceptors (Lipinski definition) is 4. The largest absolute Gasteiger partial charge is 0.459 e. The number of Topliss-reactive ketones (excluding diaryl/α,β-unsaturated/α-hetero) is 2. The minimum absolute atomic E-state index is 0.0858. The van der Waals surface area contributed by atoms with Crippen LogP contribution in [-0.4, -0.2) is 23.1 Å². The second-order valence-electron chi connectivity index (χ2n) is 5.37. The zero-order valence-corrected chi connectivity index (χ0v) is 10.2. The minimum atomic E-state index is -0.767. The summed E-state index contributed by atoms with van der Waals surface area (Å²) in [5, 5.41) is 0. The first kappa shape index (κ1) is 12.9. The average Bonchev–Trinajstić information content (AvgIpc) is 1.96. The lowest BCUT2D eigenvalue weighted by atomic mass is 9.79. The van der Waals surface area contributed by atoms with Crippen LogP contribution in [0.2, 0.25) is 0 Å². The molecule has 90 valence electrons. The van der Waals surface area contributed by atoms with Crippen molar-refractivity contribution in [2.24, 2.45) is 11.8 Å². The number of hydrogen-bond donors (Lipinski definition) is 0. The van der Waals surface area contributed by atoms with Crippen LogP contribution in [0, 0.1) is 11.8 Å². The summed E-state index contributed by atoms with van der Waals surface area (Å²) in [6.45, 7) is 7.01. The van der Waals surface area contributed by atoms with E-state index in [2.05, 4.69) is 0 Å². The van der Waals surface area contributed by atoms with E-state index >= 15 is 0 Å². The molecule has 0 aromatic heterocycles. The van der Waals surface area contributed by atoms with Crippen LogP contribution in [-0.2, 0) is 19.1 Å². The lowest BCUT2D eigenvalue weighted by Crippen LogP contribution is -2.40. The second kappa shape index (κ2) is 4.36. The highest BCUT2D eigenvalue weighted by Gasteiger charge is 2.40. The summed E-state index contributed by atoms with van der Waals surface area (Å²) in [5.74, 6) is -1.91. The highest BCUT2D eigenvalue weighted by molar-refractivity contribution is 6.10. The van der Waals surface area contributed by atoms with Crippen molar-refractivity contribution in [2.45, 2.75) is 46.1 Å². The van der Waals surface area contributed by atoms with E-state index in [1.165, 1.54) is 0 Å². The van der Waals surface area contributed by atoms with Gasteiger partial charge >= 0.3 is 5.97 Å². The van der Waals surface area contributed by atoms with Gasteiger partial charge in [0.2, 0.25) is 0 Å². The van der Waals surface area contributed by atoms with Crippen molar-refractivity contribution in [3.8, 4) is 0 Å². The quantitative estimate of drug-likeness (QED) is 0.502. The van der Waals surface area contributed by atoms with Crippen molar-refractivity contribution in [2.75, 3.05) is 0 Å². The Labute approximate surface area is 95.3 Å². The predicted molar refractivity (Wildman–Crippen MR) is 57.7 cm³/mol. The third-order valence-electron chi connectivity index (χ3n) is 2.50. The molecule has 0 bridgehead atoms. The molecule has 0 N–H and O–H groups in total. The van der Waals surface area contributed by atoms with E-state index < -0.39 is 17.5 Å². The molecular formula is C12H18O4. The fourth-order valence-electron chi connectivity index (χ4n) is 1.90. The molecular weight excluding hydrogens is 208 g/mol. The molecule has 1 aliphatic rings. The van der Waals surface area contributed by atoms with Gasteiger partial charge in [-0.2, -0.15) is 0 Å². The zero-order valence-electron chi connectivity index (χ0n) is 10.2. The highest BCUT2D eigenvalue weighted by Crippen LogP contribution is 2.27. The summed E-state index contributed by atoms with van der Waals surface area (Å²) in [6.07, 6.45) is 0.157. The molecule has 1 aliphatic carbocycles. The molecule has 1 saturated carbocycles. The van der Waals surface area contributed by atoms with Crippen LogP contribution in [0.15, 0.2) is 0 Å². The second-order valence-corrected chi connectivity index (χ2v) is 5.37. The van der Waals surface area contributed by atoms with Crippen molar-refractivity contribution in [3.05, 3.63) is 0 Å².